The van der Waals surface area contributed by atoms with Crippen LogP contribution in [-0.4, -0.2) is 20.4 Å². The lowest BCUT2D eigenvalue weighted by atomic mass is 10.1. The van der Waals surface area contributed by atoms with Crippen LogP contribution >= 0.6 is 0 Å². The molecule has 0 bridgehead atoms. The third-order valence-corrected chi connectivity index (χ3v) is 7.02. The molecule has 1 aliphatic rings. The summed E-state index contributed by atoms with van der Waals surface area (Å²) in [6, 6.07) is 15.3. The first-order valence-electron chi connectivity index (χ1n) is 9.41. The molecule has 0 fully saturated rings. The lowest BCUT2D eigenvalue weighted by Gasteiger charge is -2.24. The van der Waals surface area contributed by atoms with E-state index < -0.39 is 10.0 Å². The van der Waals surface area contributed by atoms with Gasteiger partial charge in [-0.3, -0.25) is 9.10 Å². The van der Waals surface area contributed by atoms with Crippen LogP contribution in [0.1, 0.15) is 34.2 Å². The van der Waals surface area contributed by atoms with E-state index in [9.17, 15) is 13.2 Å². The fraction of sp³-hybridized carbons (Fsp3) is 0.227. The maximum absolute atomic E-state index is 13.2. The van der Waals surface area contributed by atoms with Crippen molar-refractivity contribution in [1.29, 1.82) is 0 Å². The number of furan rings is 1. The van der Waals surface area contributed by atoms with E-state index >= 15 is 0 Å². The summed E-state index contributed by atoms with van der Waals surface area (Å²) in [4.78, 5) is 12.7. The van der Waals surface area contributed by atoms with Crippen molar-refractivity contribution in [2.24, 2.45) is 0 Å². The number of fused-ring (bicyclic) bond motifs is 1. The second kappa shape index (κ2) is 7.40. The van der Waals surface area contributed by atoms with Gasteiger partial charge in [0.05, 0.1) is 23.4 Å². The van der Waals surface area contributed by atoms with Crippen molar-refractivity contribution in [2.75, 3.05) is 4.31 Å². The van der Waals surface area contributed by atoms with Crippen LogP contribution in [0.25, 0.3) is 0 Å². The standard InChI is InChI=1S/C22H22N2O4S/c1-15-5-8-20(9-6-15)29(26,27)24-16(2)12-18-13-17(7-10-21(18)24)22(25)23-14-19-4-3-11-28-19/h3-11,13,16H,12,14H2,1-2H3,(H,23,25)/t16-/m1/s1. The largest absolute Gasteiger partial charge is 0.467 e. The summed E-state index contributed by atoms with van der Waals surface area (Å²) in [6.07, 6.45) is 2.11. The van der Waals surface area contributed by atoms with E-state index in [0.717, 1.165) is 11.1 Å². The van der Waals surface area contributed by atoms with Crippen molar-refractivity contribution in [3.05, 3.63) is 83.3 Å². The summed E-state index contributed by atoms with van der Waals surface area (Å²) in [6.45, 7) is 4.10. The average Bonchev–Trinajstić information content (AvgIpc) is 3.32. The number of nitrogens with one attached hydrogen (secondary N) is 1. The Morgan fingerprint density at radius 1 is 1.17 bits per heavy atom. The van der Waals surface area contributed by atoms with Crippen LogP contribution in [0, 0.1) is 6.92 Å². The molecule has 29 heavy (non-hydrogen) atoms. The zero-order chi connectivity index (χ0) is 20.6. The molecule has 3 aromatic rings. The molecule has 7 heteroatoms. The van der Waals surface area contributed by atoms with Crippen molar-refractivity contribution in [2.45, 2.75) is 37.8 Å². The molecule has 2 heterocycles. The van der Waals surface area contributed by atoms with E-state index in [4.69, 9.17) is 4.42 Å². The molecule has 6 nitrogen and oxygen atoms in total. The fourth-order valence-electron chi connectivity index (χ4n) is 3.62. The predicted octanol–water partition coefficient (Wildman–Crippen LogP) is 3.66. The molecule has 1 N–H and O–H groups in total. The van der Waals surface area contributed by atoms with Gasteiger partial charge in [-0.2, -0.15) is 0 Å². The molecule has 0 saturated carbocycles. The Kier molecular flexibility index (Phi) is 4.92. The van der Waals surface area contributed by atoms with Gasteiger partial charge in [0.25, 0.3) is 15.9 Å². The fourth-order valence-corrected chi connectivity index (χ4v) is 5.31. The van der Waals surface area contributed by atoms with Gasteiger partial charge < -0.3 is 9.73 Å². The first kappa shape index (κ1) is 19.3. The van der Waals surface area contributed by atoms with Gasteiger partial charge >= 0.3 is 0 Å². The van der Waals surface area contributed by atoms with Gasteiger partial charge in [0.15, 0.2) is 0 Å². The molecule has 2 aromatic carbocycles. The van der Waals surface area contributed by atoms with Crippen LogP contribution < -0.4 is 9.62 Å². The maximum Gasteiger partial charge on any atom is 0.264 e. The maximum atomic E-state index is 13.2. The Balaban J connectivity index is 1.59. The molecule has 1 amide bonds. The third-order valence-electron chi connectivity index (χ3n) is 5.08. The quantitative estimate of drug-likeness (QED) is 0.696. The van der Waals surface area contributed by atoms with Gasteiger partial charge in [0.1, 0.15) is 5.76 Å². The van der Waals surface area contributed by atoms with Crippen molar-refractivity contribution < 1.29 is 17.6 Å². The highest BCUT2D eigenvalue weighted by atomic mass is 32.2. The second-order valence-corrected chi connectivity index (χ2v) is 9.09. The van der Waals surface area contributed by atoms with Crippen molar-refractivity contribution in [1.82, 2.24) is 5.32 Å². The molecule has 0 unspecified atom stereocenters. The van der Waals surface area contributed by atoms with Crippen molar-refractivity contribution >= 4 is 21.6 Å². The Labute approximate surface area is 170 Å². The number of carbonyl (C=O) groups excluding carboxylic acids is 1. The van der Waals surface area contributed by atoms with E-state index in [1.165, 1.54) is 4.31 Å². The number of amides is 1. The SMILES string of the molecule is Cc1ccc(S(=O)(=O)N2c3ccc(C(=O)NCc4ccco4)cc3C[C@H]2C)cc1. The highest BCUT2D eigenvalue weighted by Crippen LogP contribution is 2.37. The summed E-state index contributed by atoms with van der Waals surface area (Å²) in [7, 11) is -3.67. The number of hydrogen-bond acceptors (Lipinski definition) is 4. The summed E-state index contributed by atoms with van der Waals surface area (Å²) in [5.41, 5.74) is 2.97. The molecular weight excluding hydrogens is 388 g/mol. The van der Waals surface area contributed by atoms with Crippen molar-refractivity contribution in [3.8, 4) is 0 Å². The van der Waals surface area contributed by atoms with Gasteiger partial charge in [0.2, 0.25) is 0 Å². The second-order valence-electron chi connectivity index (χ2n) is 7.27. The first-order chi connectivity index (χ1) is 13.9. The molecule has 0 saturated heterocycles. The van der Waals surface area contributed by atoms with Crippen LogP contribution in [0.15, 0.2) is 70.2 Å². The lowest BCUT2D eigenvalue weighted by molar-refractivity contribution is 0.0948. The summed E-state index contributed by atoms with van der Waals surface area (Å²) < 4.78 is 33.1. The van der Waals surface area contributed by atoms with Crippen LogP contribution in [-0.2, 0) is 23.0 Å². The number of anilines is 1. The van der Waals surface area contributed by atoms with Gasteiger partial charge in [-0.05, 0) is 68.3 Å². The highest BCUT2D eigenvalue weighted by Gasteiger charge is 2.36. The molecule has 150 valence electrons. The molecule has 0 radical (unpaired) electrons. The molecule has 1 aromatic heterocycles. The number of carbonyl (C=O) groups is 1. The van der Waals surface area contributed by atoms with E-state index in [0.29, 0.717) is 30.0 Å². The summed E-state index contributed by atoms with van der Waals surface area (Å²) in [5.74, 6) is 0.445. The number of hydrogen-bond donors (Lipinski definition) is 1. The normalized spacial score (nSPS) is 15.9. The molecule has 0 spiro atoms. The molecule has 0 aliphatic carbocycles. The zero-order valence-electron chi connectivity index (χ0n) is 16.3. The third kappa shape index (κ3) is 3.65. The van der Waals surface area contributed by atoms with Crippen LogP contribution in [0.3, 0.4) is 0 Å². The average molecular weight is 410 g/mol. The van der Waals surface area contributed by atoms with Gasteiger partial charge in [-0.1, -0.05) is 17.7 Å². The highest BCUT2D eigenvalue weighted by molar-refractivity contribution is 7.92. The van der Waals surface area contributed by atoms with Crippen LogP contribution in [0.4, 0.5) is 5.69 Å². The summed E-state index contributed by atoms with van der Waals surface area (Å²) in [5, 5.41) is 2.81. The van der Waals surface area contributed by atoms with E-state index in [1.54, 1.807) is 60.9 Å². The van der Waals surface area contributed by atoms with Gasteiger partial charge in [0, 0.05) is 11.6 Å². The molecule has 4 rings (SSSR count). The summed E-state index contributed by atoms with van der Waals surface area (Å²) >= 11 is 0. The van der Waals surface area contributed by atoms with Crippen LogP contribution in [0.2, 0.25) is 0 Å². The van der Waals surface area contributed by atoms with E-state index in [-0.39, 0.29) is 16.8 Å². The Morgan fingerprint density at radius 3 is 2.62 bits per heavy atom. The number of aryl methyl sites for hydroxylation is 1. The predicted molar refractivity (Wildman–Crippen MR) is 110 cm³/mol. The minimum absolute atomic E-state index is 0.224. The van der Waals surface area contributed by atoms with Gasteiger partial charge in [-0.15, -0.1) is 0 Å². The lowest BCUT2D eigenvalue weighted by Crippen LogP contribution is -2.35. The monoisotopic (exact) mass is 410 g/mol. The number of benzene rings is 2. The molecule has 1 atom stereocenters. The van der Waals surface area contributed by atoms with Crippen molar-refractivity contribution in [3.63, 3.8) is 0 Å². The Bertz CT molecular complexity index is 1140. The smallest absolute Gasteiger partial charge is 0.264 e. The Hall–Kier alpha value is -3.06. The van der Waals surface area contributed by atoms with E-state index in [1.807, 2.05) is 13.8 Å². The molecular formula is C22H22N2O4S. The topological polar surface area (TPSA) is 79.6 Å². The Morgan fingerprint density at radius 2 is 1.93 bits per heavy atom. The van der Waals surface area contributed by atoms with Gasteiger partial charge in [-0.25, -0.2) is 8.42 Å². The van der Waals surface area contributed by atoms with E-state index in [2.05, 4.69) is 5.32 Å². The van der Waals surface area contributed by atoms with Crippen LogP contribution in [0.5, 0.6) is 0 Å². The minimum Gasteiger partial charge on any atom is -0.467 e. The number of rotatable bonds is 5. The number of sulfonamides is 1. The zero-order valence-corrected chi connectivity index (χ0v) is 17.1. The minimum atomic E-state index is -3.67. The first-order valence-corrected chi connectivity index (χ1v) is 10.8. The molecule has 1 aliphatic heterocycles. The number of nitrogens with zero attached hydrogens (tertiary/aromatic N) is 1.